The molecule has 2 rings (SSSR count). The molecule has 3 nitrogen and oxygen atoms in total. The third-order valence-corrected chi connectivity index (χ3v) is 4.47. The van der Waals surface area contributed by atoms with Crippen molar-refractivity contribution >= 4 is 5.96 Å². The number of rotatable bonds is 3. The van der Waals surface area contributed by atoms with Gasteiger partial charge in [0.2, 0.25) is 0 Å². The third-order valence-electron chi connectivity index (χ3n) is 4.47. The Morgan fingerprint density at radius 1 is 1.29 bits per heavy atom. The average Bonchev–Trinajstić information content (AvgIpc) is 2.74. The molecule has 1 aliphatic carbocycles. The summed E-state index contributed by atoms with van der Waals surface area (Å²) in [6.45, 7) is 7.88. The van der Waals surface area contributed by atoms with Crippen molar-refractivity contribution in [1.82, 2.24) is 10.2 Å². The molecule has 0 bridgehead atoms. The molecule has 1 aliphatic heterocycles. The Labute approximate surface area is 106 Å². The van der Waals surface area contributed by atoms with E-state index in [-0.39, 0.29) is 0 Å². The van der Waals surface area contributed by atoms with Gasteiger partial charge in [-0.25, -0.2) is 0 Å². The fourth-order valence-corrected chi connectivity index (χ4v) is 3.06. The summed E-state index contributed by atoms with van der Waals surface area (Å²) in [5, 5.41) is 3.54. The van der Waals surface area contributed by atoms with Gasteiger partial charge < -0.3 is 10.2 Å². The Morgan fingerprint density at radius 2 is 2.00 bits per heavy atom. The van der Waals surface area contributed by atoms with Crippen molar-refractivity contribution < 1.29 is 0 Å². The van der Waals surface area contributed by atoms with Crippen LogP contribution in [-0.4, -0.2) is 37.5 Å². The molecule has 0 amide bonds. The first kappa shape index (κ1) is 12.7. The molecule has 3 heteroatoms. The van der Waals surface area contributed by atoms with Gasteiger partial charge in [-0.2, -0.15) is 0 Å². The Hall–Kier alpha value is -0.730. The van der Waals surface area contributed by atoms with E-state index >= 15 is 0 Å². The van der Waals surface area contributed by atoms with Gasteiger partial charge in [0, 0.05) is 20.1 Å². The van der Waals surface area contributed by atoms with Gasteiger partial charge in [-0.15, -0.1) is 0 Å². The van der Waals surface area contributed by atoms with E-state index in [1.807, 2.05) is 0 Å². The first-order chi connectivity index (χ1) is 8.09. The van der Waals surface area contributed by atoms with Crippen molar-refractivity contribution in [3.05, 3.63) is 0 Å². The molecule has 0 aromatic heterocycles. The van der Waals surface area contributed by atoms with E-state index in [4.69, 9.17) is 0 Å². The van der Waals surface area contributed by atoms with Crippen molar-refractivity contribution in [2.75, 3.05) is 26.7 Å². The van der Waals surface area contributed by atoms with Gasteiger partial charge in [0.1, 0.15) is 0 Å². The Balaban J connectivity index is 1.83. The van der Waals surface area contributed by atoms with Crippen LogP contribution in [-0.2, 0) is 0 Å². The van der Waals surface area contributed by atoms with E-state index in [0.29, 0.717) is 5.41 Å². The largest absolute Gasteiger partial charge is 0.356 e. The number of guanidine groups is 1. The predicted octanol–water partition coefficient (Wildman–Crippen LogP) is 2.48. The van der Waals surface area contributed by atoms with Crippen LogP contribution >= 0.6 is 0 Å². The SMILES string of the molecule is CN1CCN=C1NCC(C)(C)C1CCCCC1. The van der Waals surface area contributed by atoms with Crippen LogP contribution in [0.3, 0.4) is 0 Å². The summed E-state index contributed by atoms with van der Waals surface area (Å²) < 4.78 is 0. The zero-order chi connectivity index (χ0) is 12.3. The Kier molecular flexibility index (Phi) is 3.95. The van der Waals surface area contributed by atoms with Crippen LogP contribution in [0.2, 0.25) is 0 Å². The van der Waals surface area contributed by atoms with Crippen molar-refractivity contribution in [3.63, 3.8) is 0 Å². The molecule has 0 atom stereocenters. The molecule has 1 saturated carbocycles. The highest BCUT2D eigenvalue weighted by Crippen LogP contribution is 2.37. The van der Waals surface area contributed by atoms with Gasteiger partial charge in [0.15, 0.2) is 5.96 Å². The van der Waals surface area contributed by atoms with Crippen LogP contribution < -0.4 is 5.32 Å². The van der Waals surface area contributed by atoms with Gasteiger partial charge in [-0.05, 0) is 24.2 Å². The minimum atomic E-state index is 0.395. The van der Waals surface area contributed by atoms with Crippen LogP contribution in [0.4, 0.5) is 0 Å². The fourth-order valence-electron chi connectivity index (χ4n) is 3.06. The quantitative estimate of drug-likeness (QED) is 0.816. The highest BCUT2D eigenvalue weighted by molar-refractivity contribution is 5.81. The minimum absolute atomic E-state index is 0.395. The molecular formula is C14H27N3. The van der Waals surface area contributed by atoms with E-state index in [1.54, 1.807) is 0 Å². The van der Waals surface area contributed by atoms with Crippen LogP contribution in [0.5, 0.6) is 0 Å². The van der Waals surface area contributed by atoms with E-state index in [1.165, 1.54) is 32.1 Å². The van der Waals surface area contributed by atoms with E-state index in [0.717, 1.165) is 31.5 Å². The van der Waals surface area contributed by atoms with Crippen molar-refractivity contribution in [3.8, 4) is 0 Å². The molecule has 1 heterocycles. The topological polar surface area (TPSA) is 27.6 Å². The maximum Gasteiger partial charge on any atom is 0.193 e. The number of aliphatic imine (C=N–C) groups is 1. The first-order valence-electron chi connectivity index (χ1n) is 7.09. The number of hydrogen-bond acceptors (Lipinski definition) is 3. The zero-order valence-corrected chi connectivity index (χ0v) is 11.6. The summed E-state index contributed by atoms with van der Waals surface area (Å²) >= 11 is 0. The lowest BCUT2D eigenvalue weighted by Crippen LogP contribution is -2.43. The van der Waals surface area contributed by atoms with Crippen LogP contribution in [0.1, 0.15) is 46.0 Å². The average molecular weight is 237 g/mol. The smallest absolute Gasteiger partial charge is 0.193 e. The Morgan fingerprint density at radius 3 is 2.59 bits per heavy atom. The molecule has 0 unspecified atom stereocenters. The van der Waals surface area contributed by atoms with Crippen LogP contribution in [0.15, 0.2) is 4.99 Å². The standard InChI is InChI=1S/C14H27N3/c1-14(2,12-7-5-4-6-8-12)11-16-13-15-9-10-17(13)3/h12H,4-11H2,1-3H3,(H,15,16). The maximum atomic E-state index is 4.50. The molecule has 0 saturated heterocycles. The predicted molar refractivity (Wildman–Crippen MR) is 73.3 cm³/mol. The summed E-state index contributed by atoms with van der Waals surface area (Å²) in [4.78, 5) is 6.72. The molecule has 0 radical (unpaired) electrons. The van der Waals surface area contributed by atoms with Gasteiger partial charge in [-0.1, -0.05) is 33.1 Å². The molecule has 0 aromatic rings. The van der Waals surface area contributed by atoms with Crippen LogP contribution in [0, 0.1) is 11.3 Å². The van der Waals surface area contributed by atoms with Gasteiger partial charge in [0.25, 0.3) is 0 Å². The summed E-state index contributed by atoms with van der Waals surface area (Å²) in [5.74, 6) is 1.98. The normalized spacial score (nSPS) is 22.8. The summed E-state index contributed by atoms with van der Waals surface area (Å²) in [6, 6.07) is 0. The monoisotopic (exact) mass is 237 g/mol. The molecule has 98 valence electrons. The molecule has 0 aromatic carbocycles. The van der Waals surface area contributed by atoms with Crippen molar-refractivity contribution in [2.24, 2.45) is 16.3 Å². The second-order valence-corrected chi connectivity index (χ2v) is 6.30. The molecular weight excluding hydrogens is 210 g/mol. The highest BCUT2D eigenvalue weighted by atomic mass is 15.3. The van der Waals surface area contributed by atoms with Gasteiger partial charge in [0.05, 0.1) is 6.54 Å². The van der Waals surface area contributed by atoms with E-state index in [2.05, 4.69) is 36.1 Å². The van der Waals surface area contributed by atoms with Crippen molar-refractivity contribution in [1.29, 1.82) is 0 Å². The molecule has 0 spiro atoms. The lowest BCUT2D eigenvalue weighted by Gasteiger charge is -2.37. The van der Waals surface area contributed by atoms with Crippen LogP contribution in [0.25, 0.3) is 0 Å². The second kappa shape index (κ2) is 5.28. The van der Waals surface area contributed by atoms with Crippen molar-refractivity contribution in [2.45, 2.75) is 46.0 Å². The second-order valence-electron chi connectivity index (χ2n) is 6.30. The highest BCUT2D eigenvalue weighted by Gasteiger charge is 2.31. The minimum Gasteiger partial charge on any atom is -0.356 e. The third kappa shape index (κ3) is 3.14. The lowest BCUT2D eigenvalue weighted by molar-refractivity contribution is 0.160. The number of nitrogens with zero attached hydrogens (tertiary/aromatic N) is 2. The molecule has 17 heavy (non-hydrogen) atoms. The van der Waals surface area contributed by atoms with E-state index in [9.17, 15) is 0 Å². The number of hydrogen-bond donors (Lipinski definition) is 1. The molecule has 1 N–H and O–H groups in total. The van der Waals surface area contributed by atoms with Gasteiger partial charge >= 0.3 is 0 Å². The zero-order valence-electron chi connectivity index (χ0n) is 11.6. The van der Waals surface area contributed by atoms with E-state index < -0.39 is 0 Å². The lowest BCUT2D eigenvalue weighted by atomic mass is 9.71. The molecule has 2 aliphatic rings. The maximum absolute atomic E-state index is 4.50. The number of likely N-dealkylation sites (N-methyl/N-ethyl adjacent to an activating group) is 1. The van der Waals surface area contributed by atoms with Gasteiger partial charge in [-0.3, -0.25) is 4.99 Å². The first-order valence-corrected chi connectivity index (χ1v) is 7.09. The summed E-state index contributed by atoms with van der Waals surface area (Å²) in [5.41, 5.74) is 0.395. The number of nitrogens with one attached hydrogen (secondary N) is 1. The Bertz CT molecular complexity index is 277. The summed E-state index contributed by atoms with van der Waals surface area (Å²) in [6.07, 6.45) is 7.12. The molecule has 1 fully saturated rings. The summed E-state index contributed by atoms with van der Waals surface area (Å²) in [7, 11) is 2.12. The fraction of sp³-hybridized carbons (Fsp3) is 0.929.